The van der Waals surface area contributed by atoms with Crippen LogP contribution in [0.4, 0.5) is 0 Å². The number of rotatable bonds is 2. The lowest BCUT2D eigenvalue weighted by Crippen LogP contribution is -2.24. The van der Waals surface area contributed by atoms with Crippen molar-refractivity contribution in [3.8, 4) is 11.5 Å². The molecule has 2 heterocycles. The molecule has 1 aliphatic heterocycles. The maximum atomic E-state index is 6.23. The van der Waals surface area contributed by atoms with Gasteiger partial charge < -0.3 is 15.2 Å². The van der Waals surface area contributed by atoms with E-state index in [1.807, 2.05) is 30.5 Å². The second-order valence-corrected chi connectivity index (χ2v) is 5.57. The molecule has 0 saturated heterocycles. The standard InChI is InChI=1S/C14H16N2O2S/c1-8-7-19-14(16-8)13-6-11(15)10-4-3-9(17-2)5-12(10)18-13/h3-5,7,11,13H,6,15H2,1-2H3. The zero-order chi connectivity index (χ0) is 13.4. The number of nitrogens with zero attached hydrogens (tertiary/aromatic N) is 1. The van der Waals surface area contributed by atoms with Gasteiger partial charge in [-0.15, -0.1) is 11.3 Å². The van der Waals surface area contributed by atoms with Gasteiger partial charge in [0.15, 0.2) is 6.10 Å². The van der Waals surface area contributed by atoms with Gasteiger partial charge in [-0.2, -0.15) is 0 Å². The van der Waals surface area contributed by atoms with Crippen molar-refractivity contribution in [1.29, 1.82) is 0 Å². The van der Waals surface area contributed by atoms with Crippen molar-refractivity contribution in [3.63, 3.8) is 0 Å². The van der Waals surface area contributed by atoms with Crippen molar-refractivity contribution in [2.75, 3.05) is 7.11 Å². The summed E-state index contributed by atoms with van der Waals surface area (Å²) in [5.74, 6) is 1.58. The first kappa shape index (κ1) is 12.4. The Bertz CT molecular complexity index is 597. The maximum absolute atomic E-state index is 6.23. The first-order valence-corrected chi connectivity index (χ1v) is 7.07. The van der Waals surface area contributed by atoms with Crippen molar-refractivity contribution in [1.82, 2.24) is 4.98 Å². The highest BCUT2D eigenvalue weighted by atomic mass is 32.1. The Labute approximate surface area is 116 Å². The lowest BCUT2D eigenvalue weighted by molar-refractivity contribution is 0.160. The summed E-state index contributed by atoms with van der Waals surface area (Å²) >= 11 is 1.62. The van der Waals surface area contributed by atoms with Gasteiger partial charge >= 0.3 is 0 Å². The zero-order valence-electron chi connectivity index (χ0n) is 10.9. The van der Waals surface area contributed by atoms with Crippen LogP contribution in [-0.4, -0.2) is 12.1 Å². The molecule has 0 radical (unpaired) electrons. The Kier molecular flexibility index (Phi) is 3.16. The van der Waals surface area contributed by atoms with Gasteiger partial charge in [-0.05, 0) is 13.0 Å². The van der Waals surface area contributed by atoms with E-state index in [1.54, 1.807) is 18.4 Å². The summed E-state index contributed by atoms with van der Waals surface area (Å²) in [6.45, 7) is 1.99. The van der Waals surface area contributed by atoms with Crippen molar-refractivity contribution < 1.29 is 9.47 Å². The molecule has 5 heteroatoms. The van der Waals surface area contributed by atoms with E-state index in [0.717, 1.165) is 34.2 Å². The highest BCUT2D eigenvalue weighted by Gasteiger charge is 2.29. The molecular weight excluding hydrogens is 260 g/mol. The molecule has 1 aromatic heterocycles. The molecule has 3 rings (SSSR count). The van der Waals surface area contributed by atoms with Crippen LogP contribution in [0, 0.1) is 6.92 Å². The van der Waals surface area contributed by atoms with Crippen molar-refractivity contribution in [2.45, 2.75) is 25.5 Å². The number of thiazole rings is 1. The van der Waals surface area contributed by atoms with E-state index in [2.05, 4.69) is 4.98 Å². The van der Waals surface area contributed by atoms with Crippen molar-refractivity contribution >= 4 is 11.3 Å². The minimum Gasteiger partial charge on any atom is -0.497 e. The lowest BCUT2D eigenvalue weighted by Gasteiger charge is -2.29. The predicted molar refractivity (Wildman–Crippen MR) is 74.8 cm³/mol. The van der Waals surface area contributed by atoms with Crippen LogP contribution in [0.2, 0.25) is 0 Å². The number of methoxy groups -OCH3 is 1. The molecule has 0 spiro atoms. The topological polar surface area (TPSA) is 57.4 Å². The summed E-state index contributed by atoms with van der Waals surface area (Å²) in [4.78, 5) is 4.49. The summed E-state index contributed by atoms with van der Waals surface area (Å²) in [7, 11) is 1.64. The van der Waals surface area contributed by atoms with Crippen LogP contribution in [0.1, 0.15) is 34.8 Å². The number of aromatic nitrogens is 1. The Morgan fingerprint density at radius 1 is 1.47 bits per heavy atom. The van der Waals surface area contributed by atoms with Gasteiger partial charge in [-0.1, -0.05) is 6.07 Å². The molecule has 0 fully saturated rings. The Morgan fingerprint density at radius 2 is 2.32 bits per heavy atom. The highest BCUT2D eigenvalue weighted by Crippen LogP contribution is 2.41. The van der Waals surface area contributed by atoms with E-state index in [-0.39, 0.29) is 12.1 Å². The third-order valence-corrected chi connectivity index (χ3v) is 4.32. The number of nitrogens with two attached hydrogens (primary N) is 1. The zero-order valence-corrected chi connectivity index (χ0v) is 11.7. The van der Waals surface area contributed by atoms with E-state index in [4.69, 9.17) is 15.2 Å². The number of hydrogen-bond acceptors (Lipinski definition) is 5. The molecule has 2 N–H and O–H groups in total. The number of fused-ring (bicyclic) bond motifs is 1. The minimum absolute atomic E-state index is 0.0242. The molecule has 1 aliphatic rings. The molecule has 0 bridgehead atoms. The lowest BCUT2D eigenvalue weighted by atomic mass is 9.97. The third-order valence-electron chi connectivity index (χ3n) is 3.27. The SMILES string of the molecule is COc1ccc2c(c1)OC(c1nc(C)cs1)CC2N. The summed E-state index contributed by atoms with van der Waals surface area (Å²) in [6, 6.07) is 5.75. The summed E-state index contributed by atoms with van der Waals surface area (Å²) < 4.78 is 11.3. The molecule has 0 amide bonds. The smallest absolute Gasteiger partial charge is 0.152 e. The van der Waals surface area contributed by atoms with Gasteiger partial charge in [0.1, 0.15) is 16.5 Å². The van der Waals surface area contributed by atoms with Gasteiger partial charge in [0.2, 0.25) is 0 Å². The average Bonchev–Trinajstić information content (AvgIpc) is 2.84. The normalized spacial score (nSPS) is 21.6. The van der Waals surface area contributed by atoms with E-state index in [1.165, 1.54) is 0 Å². The number of benzene rings is 1. The quantitative estimate of drug-likeness (QED) is 0.916. The van der Waals surface area contributed by atoms with Crippen LogP contribution in [-0.2, 0) is 0 Å². The molecule has 2 unspecified atom stereocenters. The number of aryl methyl sites for hydroxylation is 1. The summed E-state index contributed by atoms with van der Waals surface area (Å²) in [5.41, 5.74) is 8.28. The molecule has 2 atom stereocenters. The molecular formula is C14H16N2O2S. The van der Waals surface area contributed by atoms with E-state index < -0.39 is 0 Å². The fraction of sp³-hybridized carbons (Fsp3) is 0.357. The van der Waals surface area contributed by atoms with E-state index >= 15 is 0 Å². The molecule has 4 nitrogen and oxygen atoms in total. The molecule has 0 aliphatic carbocycles. The van der Waals surface area contributed by atoms with Crippen LogP contribution in [0.25, 0.3) is 0 Å². The summed E-state index contributed by atoms with van der Waals surface area (Å²) in [5, 5.41) is 3.02. The van der Waals surface area contributed by atoms with Gasteiger partial charge in [0.05, 0.1) is 7.11 Å². The molecule has 0 saturated carbocycles. The van der Waals surface area contributed by atoms with E-state index in [9.17, 15) is 0 Å². The largest absolute Gasteiger partial charge is 0.497 e. The Balaban J connectivity index is 1.93. The van der Waals surface area contributed by atoms with E-state index in [0.29, 0.717) is 0 Å². The van der Waals surface area contributed by atoms with Gasteiger partial charge in [0, 0.05) is 35.2 Å². The minimum atomic E-state index is -0.0618. The Hall–Kier alpha value is -1.59. The first-order valence-electron chi connectivity index (χ1n) is 6.19. The highest BCUT2D eigenvalue weighted by molar-refractivity contribution is 7.09. The maximum Gasteiger partial charge on any atom is 0.152 e. The molecule has 2 aromatic rings. The third kappa shape index (κ3) is 2.31. The van der Waals surface area contributed by atoms with Gasteiger partial charge in [0.25, 0.3) is 0 Å². The average molecular weight is 276 g/mol. The fourth-order valence-corrected chi connectivity index (χ4v) is 3.12. The van der Waals surface area contributed by atoms with Gasteiger partial charge in [-0.25, -0.2) is 4.98 Å². The monoisotopic (exact) mass is 276 g/mol. The number of hydrogen-bond donors (Lipinski definition) is 1. The van der Waals surface area contributed by atoms with Crippen molar-refractivity contribution in [2.24, 2.45) is 5.73 Å². The second-order valence-electron chi connectivity index (χ2n) is 4.68. The fourth-order valence-electron chi connectivity index (χ4n) is 2.28. The van der Waals surface area contributed by atoms with Crippen LogP contribution in [0.3, 0.4) is 0 Å². The van der Waals surface area contributed by atoms with Crippen LogP contribution < -0.4 is 15.2 Å². The molecule has 1 aromatic carbocycles. The number of ether oxygens (including phenoxy) is 2. The van der Waals surface area contributed by atoms with Gasteiger partial charge in [-0.3, -0.25) is 0 Å². The summed E-state index contributed by atoms with van der Waals surface area (Å²) in [6.07, 6.45) is 0.694. The molecule has 100 valence electrons. The molecule has 19 heavy (non-hydrogen) atoms. The second kappa shape index (κ2) is 4.83. The van der Waals surface area contributed by atoms with Crippen LogP contribution in [0.5, 0.6) is 11.5 Å². The predicted octanol–water partition coefficient (Wildman–Crippen LogP) is 2.98. The van der Waals surface area contributed by atoms with Crippen molar-refractivity contribution in [3.05, 3.63) is 39.8 Å². The van der Waals surface area contributed by atoms with Crippen LogP contribution >= 0.6 is 11.3 Å². The van der Waals surface area contributed by atoms with Crippen LogP contribution in [0.15, 0.2) is 23.6 Å². The Morgan fingerprint density at radius 3 is 3.00 bits per heavy atom. The first-order chi connectivity index (χ1) is 9.17.